The molecule has 3 unspecified atom stereocenters. The SMILES string of the molecule is CCCC(O)C(C)C(C)O.O=C(O)c1ccccc1.O=C(O)c1ccccc1. The molecule has 0 aliphatic carbocycles. The maximum atomic E-state index is 10.2. The second kappa shape index (κ2) is 14.4. The lowest BCUT2D eigenvalue weighted by Crippen LogP contribution is -2.26. The van der Waals surface area contributed by atoms with E-state index in [9.17, 15) is 14.7 Å². The fourth-order valence-electron chi connectivity index (χ4n) is 2.04. The topological polar surface area (TPSA) is 115 Å². The summed E-state index contributed by atoms with van der Waals surface area (Å²) in [6, 6.07) is 16.6. The third kappa shape index (κ3) is 11.1. The summed E-state index contributed by atoms with van der Waals surface area (Å²) in [5.41, 5.74) is 0.662. The van der Waals surface area contributed by atoms with Gasteiger partial charge in [-0.2, -0.15) is 0 Å². The van der Waals surface area contributed by atoms with Crippen LogP contribution in [0.3, 0.4) is 0 Å². The molecule has 0 aliphatic heterocycles. The zero-order chi connectivity index (χ0) is 21.5. The van der Waals surface area contributed by atoms with Crippen molar-refractivity contribution in [3.63, 3.8) is 0 Å². The van der Waals surface area contributed by atoms with Crippen molar-refractivity contribution in [1.29, 1.82) is 0 Å². The number of hydrogen-bond donors (Lipinski definition) is 4. The van der Waals surface area contributed by atoms with Crippen LogP contribution in [0.2, 0.25) is 0 Å². The van der Waals surface area contributed by atoms with Gasteiger partial charge in [0.2, 0.25) is 0 Å². The number of benzene rings is 2. The van der Waals surface area contributed by atoms with Gasteiger partial charge in [0.05, 0.1) is 23.3 Å². The molecule has 0 spiro atoms. The van der Waals surface area contributed by atoms with E-state index in [0.717, 1.165) is 12.8 Å². The number of aliphatic hydroxyl groups excluding tert-OH is 2. The Morgan fingerprint density at radius 2 is 1.14 bits per heavy atom. The maximum Gasteiger partial charge on any atom is 0.335 e. The molecule has 4 N–H and O–H groups in total. The minimum Gasteiger partial charge on any atom is -0.478 e. The lowest BCUT2D eigenvalue weighted by atomic mass is 9.96. The molecule has 2 rings (SSSR count). The number of aliphatic hydroxyl groups is 2. The van der Waals surface area contributed by atoms with E-state index in [1.165, 1.54) is 0 Å². The van der Waals surface area contributed by atoms with Crippen LogP contribution in [-0.4, -0.2) is 44.6 Å². The van der Waals surface area contributed by atoms with Gasteiger partial charge in [0, 0.05) is 5.92 Å². The Hall–Kier alpha value is -2.70. The van der Waals surface area contributed by atoms with E-state index in [1.807, 2.05) is 13.8 Å². The van der Waals surface area contributed by atoms with E-state index in [2.05, 4.69) is 0 Å². The zero-order valence-electron chi connectivity index (χ0n) is 16.5. The van der Waals surface area contributed by atoms with Crippen LogP contribution in [0.1, 0.15) is 54.3 Å². The van der Waals surface area contributed by atoms with Crippen LogP contribution in [0.15, 0.2) is 60.7 Å². The number of carboxylic acids is 2. The Bertz CT molecular complexity index is 620. The molecule has 154 valence electrons. The smallest absolute Gasteiger partial charge is 0.335 e. The van der Waals surface area contributed by atoms with Crippen LogP contribution in [0.4, 0.5) is 0 Å². The molecule has 0 fully saturated rings. The number of rotatable bonds is 6. The van der Waals surface area contributed by atoms with Crippen molar-refractivity contribution in [2.24, 2.45) is 5.92 Å². The van der Waals surface area contributed by atoms with Gasteiger partial charge in [-0.1, -0.05) is 56.7 Å². The van der Waals surface area contributed by atoms with Crippen molar-refractivity contribution < 1.29 is 30.0 Å². The van der Waals surface area contributed by atoms with Crippen LogP contribution in [0, 0.1) is 5.92 Å². The van der Waals surface area contributed by atoms with E-state index >= 15 is 0 Å². The van der Waals surface area contributed by atoms with Crippen molar-refractivity contribution >= 4 is 11.9 Å². The first-order valence-corrected chi connectivity index (χ1v) is 9.13. The fraction of sp³-hybridized carbons (Fsp3) is 0.364. The summed E-state index contributed by atoms with van der Waals surface area (Å²) in [5, 5.41) is 35.2. The normalized spacial score (nSPS) is 12.9. The first-order valence-electron chi connectivity index (χ1n) is 9.13. The van der Waals surface area contributed by atoms with Gasteiger partial charge < -0.3 is 20.4 Å². The third-order valence-corrected chi connectivity index (χ3v) is 3.99. The standard InChI is InChI=1S/C8H18O2.2C7H6O2/c1-4-5-8(10)6(2)7(3)9;2*8-7(9)6-4-2-1-3-5-6/h6-10H,4-5H2,1-3H3;2*1-5H,(H,8,9). The third-order valence-electron chi connectivity index (χ3n) is 3.99. The van der Waals surface area contributed by atoms with Gasteiger partial charge in [-0.05, 0) is 37.6 Å². The first-order chi connectivity index (χ1) is 13.2. The minimum absolute atomic E-state index is 0.0000463. The molecule has 0 aliphatic rings. The van der Waals surface area contributed by atoms with Crippen molar-refractivity contribution in [2.75, 3.05) is 0 Å². The lowest BCUT2D eigenvalue weighted by molar-refractivity contribution is 0.0267. The van der Waals surface area contributed by atoms with Crippen molar-refractivity contribution in [2.45, 2.75) is 45.8 Å². The Kier molecular flexibility index (Phi) is 13.0. The highest BCUT2D eigenvalue weighted by Gasteiger charge is 2.17. The molecule has 0 amide bonds. The van der Waals surface area contributed by atoms with E-state index in [1.54, 1.807) is 67.6 Å². The Labute approximate surface area is 166 Å². The largest absolute Gasteiger partial charge is 0.478 e. The van der Waals surface area contributed by atoms with Crippen LogP contribution in [0.5, 0.6) is 0 Å². The summed E-state index contributed by atoms with van der Waals surface area (Å²) >= 11 is 0. The minimum atomic E-state index is -0.879. The van der Waals surface area contributed by atoms with Crippen LogP contribution < -0.4 is 0 Å². The van der Waals surface area contributed by atoms with Crippen molar-refractivity contribution in [1.82, 2.24) is 0 Å². The quantitative estimate of drug-likeness (QED) is 0.594. The van der Waals surface area contributed by atoms with Crippen LogP contribution in [-0.2, 0) is 0 Å². The molecular weight excluding hydrogens is 360 g/mol. The highest BCUT2D eigenvalue weighted by atomic mass is 16.4. The Morgan fingerprint density at radius 3 is 1.36 bits per heavy atom. The molecule has 2 aromatic rings. The van der Waals surface area contributed by atoms with E-state index in [4.69, 9.17) is 15.3 Å². The summed E-state index contributed by atoms with van der Waals surface area (Å²) in [6.45, 7) is 5.60. The van der Waals surface area contributed by atoms with E-state index in [0.29, 0.717) is 11.1 Å². The highest BCUT2D eigenvalue weighted by molar-refractivity contribution is 5.87. The molecule has 3 atom stereocenters. The highest BCUT2D eigenvalue weighted by Crippen LogP contribution is 2.12. The first kappa shape index (κ1) is 25.3. The van der Waals surface area contributed by atoms with Crippen LogP contribution in [0.25, 0.3) is 0 Å². The van der Waals surface area contributed by atoms with Gasteiger partial charge in [0.1, 0.15) is 0 Å². The van der Waals surface area contributed by atoms with Gasteiger partial charge in [0.15, 0.2) is 0 Å². The summed E-state index contributed by atoms with van der Waals surface area (Å²) < 4.78 is 0. The van der Waals surface area contributed by atoms with Gasteiger partial charge in [-0.3, -0.25) is 0 Å². The molecule has 6 heteroatoms. The van der Waals surface area contributed by atoms with Crippen molar-refractivity contribution in [3.8, 4) is 0 Å². The second-order valence-electron chi connectivity index (χ2n) is 6.30. The molecule has 0 heterocycles. The average Bonchev–Trinajstić information content (AvgIpc) is 2.69. The predicted molar refractivity (Wildman–Crippen MR) is 109 cm³/mol. The van der Waals surface area contributed by atoms with E-state index < -0.39 is 18.0 Å². The number of hydrogen-bond acceptors (Lipinski definition) is 4. The van der Waals surface area contributed by atoms with Gasteiger partial charge in [-0.15, -0.1) is 0 Å². The van der Waals surface area contributed by atoms with Crippen molar-refractivity contribution in [3.05, 3.63) is 71.8 Å². The molecule has 0 radical (unpaired) electrons. The molecule has 0 aromatic heterocycles. The Balaban J connectivity index is 0.000000391. The van der Waals surface area contributed by atoms with Gasteiger partial charge in [0.25, 0.3) is 0 Å². The van der Waals surface area contributed by atoms with Gasteiger partial charge >= 0.3 is 11.9 Å². The molecule has 28 heavy (non-hydrogen) atoms. The molecule has 0 saturated heterocycles. The maximum absolute atomic E-state index is 10.2. The number of carboxylic acid groups (broad SMARTS) is 2. The fourth-order valence-corrected chi connectivity index (χ4v) is 2.04. The molecular formula is C22H30O6. The average molecular weight is 390 g/mol. The number of carbonyl (C=O) groups is 2. The second-order valence-corrected chi connectivity index (χ2v) is 6.30. The summed E-state index contributed by atoms with van der Waals surface area (Å²) in [6.07, 6.45) is 1.01. The lowest BCUT2D eigenvalue weighted by Gasteiger charge is -2.20. The predicted octanol–water partition coefficient (Wildman–Crippen LogP) is 3.93. The summed E-state index contributed by atoms with van der Waals surface area (Å²) in [4.78, 5) is 20.4. The van der Waals surface area contributed by atoms with E-state index in [-0.39, 0.29) is 12.0 Å². The van der Waals surface area contributed by atoms with Crippen LogP contribution >= 0.6 is 0 Å². The summed E-state index contributed by atoms with van der Waals surface area (Å²) in [5.74, 6) is -1.76. The monoisotopic (exact) mass is 390 g/mol. The Morgan fingerprint density at radius 1 is 0.786 bits per heavy atom. The number of aromatic carboxylic acids is 2. The molecule has 0 bridgehead atoms. The van der Waals surface area contributed by atoms with Gasteiger partial charge in [-0.25, -0.2) is 9.59 Å². The molecule has 2 aromatic carbocycles. The zero-order valence-corrected chi connectivity index (χ0v) is 16.5. The summed E-state index contributed by atoms with van der Waals surface area (Å²) in [7, 11) is 0. The molecule has 6 nitrogen and oxygen atoms in total. The molecule has 0 saturated carbocycles.